The third-order valence-electron chi connectivity index (χ3n) is 3.06. The molecule has 0 heterocycles. The van der Waals surface area contributed by atoms with E-state index < -0.39 is 0 Å². The Kier molecular flexibility index (Phi) is 6.87. The molecule has 2 rings (SSSR count). The number of hydrogen-bond acceptors (Lipinski definition) is 3. The van der Waals surface area contributed by atoms with E-state index in [4.69, 9.17) is 0 Å². The van der Waals surface area contributed by atoms with Gasteiger partial charge in [-0.05, 0) is 54.0 Å². The minimum absolute atomic E-state index is 0.0454. The average molecular weight is 407 g/mol. The summed E-state index contributed by atoms with van der Waals surface area (Å²) in [6.07, 6.45) is 0. The van der Waals surface area contributed by atoms with Crippen LogP contribution in [0.1, 0.15) is 24.2 Å². The van der Waals surface area contributed by atoms with Crippen molar-refractivity contribution in [1.82, 2.24) is 5.32 Å². The lowest BCUT2D eigenvalue weighted by Gasteiger charge is -2.12. The van der Waals surface area contributed by atoms with Crippen molar-refractivity contribution in [2.24, 2.45) is 0 Å². The van der Waals surface area contributed by atoms with Gasteiger partial charge in [0.05, 0.1) is 17.0 Å². The van der Waals surface area contributed by atoms with E-state index in [9.17, 15) is 9.59 Å². The van der Waals surface area contributed by atoms with Crippen LogP contribution in [0.25, 0.3) is 0 Å². The van der Waals surface area contributed by atoms with Gasteiger partial charge in [0, 0.05) is 15.4 Å². The molecule has 2 amide bonds. The molecule has 126 valence electrons. The maximum absolute atomic E-state index is 12.6. The highest BCUT2D eigenvalue weighted by Crippen LogP contribution is 2.26. The standard InChI is InChI=1S/C18H19BrN2O2S/c1-12(2)20-17(22)11-24-16-10-6-3-7-13(16)18(23)21-15-9-5-4-8-14(15)19/h3-10,12H,11H2,1-2H3,(H,20,22)(H,21,23). The Balaban J connectivity index is 2.09. The lowest BCUT2D eigenvalue weighted by atomic mass is 10.2. The van der Waals surface area contributed by atoms with Crippen LogP contribution in [0.5, 0.6) is 0 Å². The molecule has 0 unspecified atom stereocenters. The van der Waals surface area contributed by atoms with Crippen LogP contribution >= 0.6 is 27.7 Å². The predicted molar refractivity (Wildman–Crippen MR) is 103 cm³/mol. The molecular weight excluding hydrogens is 388 g/mol. The number of hydrogen-bond donors (Lipinski definition) is 2. The fraction of sp³-hybridized carbons (Fsp3) is 0.222. The SMILES string of the molecule is CC(C)NC(=O)CSc1ccccc1C(=O)Nc1ccccc1Br. The van der Waals surface area contributed by atoms with Gasteiger partial charge < -0.3 is 10.6 Å². The summed E-state index contributed by atoms with van der Waals surface area (Å²) < 4.78 is 0.819. The number of nitrogens with one attached hydrogen (secondary N) is 2. The summed E-state index contributed by atoms with van der Waals surface area (Å²) >= 11 is 4.77. The van der Waals surface area contributed by atoms with Gasteiger partial charge in [0.25, 0.3) is 5.91 Å². The van der Waals surface area contributed by atoms with E-state index in [-0.39, 0.29) is 23.6 Å². The Bertz CT molecular complexity index is 734. The second-order valence-corrected chi connectivity index (χ2v) is 7.31. The van der Waals surface area contributed by atoms with E-state index in [2.05, 4.69) is 26.6 Å². The number of anilines is 1. The first-order valence-corrected chi connectivity index (χ1v) is 9.32. The van der Waals surface area contributed by atoms with E-state index in [0.29, 0.717) is 11.3 Å². The second-order valence-electron chi connectivity index (χ2n) is 5.44. The summed E-state index contributed by atoms with van der Waals surface area (Å²) in [5.74, 6) is 0.0302. The molecule has 2 N–H and O–H groups in total. The van der Waals surface area contributed by atoms with Gasteiger partial charge in [-0.1, -0.05) is 24.3 Å². The van der Waals surface area contributed by atoms with Crippen molar-refractivity contribution in [1.29, 1.82) is 0 Å². The van der Waals surface area contributed by atoms with Crippen molar-refractivity contribution in [2.45, 2.75) is 24.8 Å². The molecule has 0 aromatic heterocycles. The first-order valence-electron chi connectivity index (χ1n) is 7.54. The summed E-state index contributed by atoms with van der Waals surface area (Å²) in [4.78, 5) is 25.1. The highest BCUT2D eigenvalue weighted by Gasteiger charge is 2.14. The largest absolute Gasteiger partial charge is 0.353 e. The Morgan fingerprint density at radius 1 is 1.08 bits per heavy atom. The van der Waals surface area contributed by atoms with Crippen molar-refractivity contribution in [3.8, 4) is 0 Å². The maximum Gasteiger partial charge on any atom is 0.256 e. The fourth-order valence-corrected chi connectivity index (χ4v) is 3.28. The van der Waals surface area contributed by atoms with Gasteiger partial charge in [-0.3, -0.25) is 9.59 Å². The fourth-order valence-electron chi connectivity index (χ4n) is 2.04. The van der Waals surface area contributed by atoms with E-state index in [0.717, 1.165) is 9.37 Å². The number of thioether (sulfide) groups is 1. The highest BCUT2D eigenvalue weighted by molar-refractivity contribution is 9.10. The van der Waals surface area contributed by atoms with Crippen LogP contribution < -0.4 is 10.6 Å². The topological polar surface area (TPSA) is 58.2 Å². The molecule has 6 heteroatoms. The van der Waals surface area contributed by atoms with Crippen LogP contribution in [0.15, 0.2) is 57.9 Å². The monoisotopic (exact) mass is 406 g/mol. The molecule has 0 spiro atoms. The van der Waals surface area contributed by atoms with Gasteiger partial charge in [-0.25, -0.2) is 0 Å². The zero-order valence-corrected chi connectivity index (χ0v) is 15.9. The lowest BCUT2D eigenvalue weighted by Crippen LogP contribution is -2.31. The number of para-hydroxylation sites is 1. The number of amides is 2. The quantitative estimate of drug-likeness (QED) is 0.702. The molecule has 0 saturated carbocycles. The third kappa shape index (κ3) is 5.39. The van der Waals surface area contributed by atoms with Crippen molar-refractivity contribution in [3.63, 3.8) is 0 Å². The molecule has 0 aliphatic rings. The number of halogens is 1. The lowest BCUT2D eigenvalue weighted by molar-refractivity contribution is -0.119. The normalized spacial score (nSPS) is 10.5. The van der Waals surface area contributed by atoms with E-state index >= 15 is 0 Å². The molecule has 0 saturated heterocycles. The van der Waals surface area contributed by atoms with Gasteiger partial charge in [0.1, 0.15) is 0 Å². The van der Waals surface area contributed by atoms with Crippen LogP contribution in [0.4, 0.5) is 5.69 Å². The molecule has 0 radical (unpaired) electrons. The number of carbonyl (C=O) groups excluding carboxylic acids is 2. The van der Waals surface area contributed by atoms with Crippen LogP contribution in [-0.2, 0) is 4.79 Å². The molecule has 2 aromatic rings. The van der Waals surface area contributed by atoms with E-state index in [1.54, 1.807) is 6.07 Å². The van der Waals surface area contributed by atoms with Gasteiger partial charge in [0.15, 0.2) is 0 Å². The number of rotatable bonds is 6. The molecule has 0 fully saturated rings. The number of carbonyl (C=O) groups is 2. The molecule has 0 atom stereocenters. The van der Waals surface area contributed by atoms with Gasteiger partial charge in [-0.2, -0.15) is 0 Å². The molecule has 4 nitrogen and oxygen atoms in total. The third-order valence-corrected chi connectivity index (χ3v) is 4.83. The molecule has 0 aliphatic heterocycles. The average Bonchev–Trinajstić information content (AvgIpc) is 2.54. The van der Waals surface area contributed by atoms with Crippen LogP contribution in [0, 0.1) is 0 Å². The zero-order chi connectivity index (χ0) is 17.5. The highest BCUT2D eigenvalue weighted by atomic mass is 79.9. The van der Waals surface area contributed by atoms with E-state index in [1.807, 2.05) is 56.3 Å². The Hall–Kier alpha value is -1.79. The van der Waals surface area contributed by atoms with Crippen molar-refractivity contribution in [3.05, 3.63) is 58.6 Å². The Morgan fingerprint density at radius 3 is 2.46 bits per heavy atom. The Labute approximate surface area is 154 Å². The van der Waals surface area contributed by atoms with Crippen LogP contribution in [0.3, 0.4) is 0 Å². The smallest absolute Gasteiger partial charge is 0.256 e. The summed E-state index contributed by atoms with van der Waals surface area (Å²) in [6.45, 7) is 3.84. The first kappa shape index (κ1) is 18.5. The van der Waals surface area contributed by atoms with E-state index in [1.165, 1.54) is 11.8 Å². The van der Waals surface area contributed by atoms with Gasteiger partial charge in [-0.15, -0.1) is 11.8 Å². The molecule has 24 heavy (non-hydrogen) atoms. The van der Waals surface area contributed by atoms with Gasteiger partial charge >= 0.3 is 0 Å². The number of benzene rings is 2. The molecular formula is C18H19BrN2O2S. The van der Waals surface area contributed by atoms with Crippen molar-refractivity contribution < 1.29 is 9.59 Å². The Morgan fingerprint density at radius 2 is 1.75 bits per heavy atom. The summed E-state index contributed by atoms with van der Waals surface area (Å²) in [5.41, 5.74) is 1.26. The van der Waals surface area contributed by atoms with Crippen molar-refractivity contribution >= 4 is 45.2 Å². The van der Waals surface area contributed by atoms with Gasteiger partial charge in [0.2, 0.25) is 5.91 Å². The molecule has 2 aromatic carbocycles. The first-order chi connectivity index (χ1) is 11.5. The second kappa shape index (κ2) is 8.89. The zero-order valence-electron chi connectivity index (χ0n) is 13.5. The summed E-state index contributed by atoms with van der Waals surface area (Å²) in [5, 5.41) is 5.73. The molecule has 0 bridgehead atoms. The molecule has 0 aliphatic carbocycles. The van der Waals surface area contributed by atoms with Crippen LogP contribution in [-0.4, -0.2) is 23.6 Å². The summed E-state index contributed by atoms with van der Waals surface area (Å²) in [7, 11) is 0. The predicted octanol–water partition coefficient (Wildman–Crippen LogP) is 4.32. The summed E-state index contributed by atoms with van der Waals surface area (Å²) in [6, 6.07) is 14.8. The minimum Gasteiger partial charge on any atom is -0.353 e. The van der Waals surface area contributed by atoms with Crippen LogP contribution in [0.2, 0.25) is 0 Å². The maximum atomic E-state index is 12.6. The minimum atomic E-state index is -0.200. The van der Waals surface area contributed by atoms with Crippen molar-refractivity contribution in [2.75, 3.05) is 11.1 Å².